The molecule has 1 aromatic carbocycles. The molecular formula is C23H40IN5O2. The molecule has 1 aromatic rings. The molecule has 1 aliphatic heterocycles. The normalized spacial score (nSPS) is 16.4. The number of nitrogens with one attached hydrogen (secondary N) is 2. The summed E-state index contributed by atoms with van der Waals surface area (Å²) in [5.41, 5.74) is 6.60. The van der Waals surface area contributed by atoms with E-state index >= 15 is 0 Å². The number of hydrogen-bond acceptors (Lipinski definition) is 4. The second-order valence-corrected chi connectivity index (χ2v) is 8.21. The summed E-state index contributed by atoms with van der Waals surface area (Å²) in [4.78, 5) is 18.0. The highest BCUT2D eigenvalue weighted by molar-refractivity contribution is 14.0. The lowest BCUT2D eigenvalue weighted by Crippen LogP contribution is -2.41. The van der Waals surface area contributed by atoms with E-state index in [1.54, 1.807) is 7.05 Å². The SMILES string of the molecule is CN=C(NCCCCN1CCC(C(N)=O)CC1)NCC(C)COCc1ccccc1.I. The molecule has 176 valence electrons. The number of likely N-dealkylation sites (tertiary alicyclic amines) is 1. The molecule has 0 aromatic heterocycles. The van der Waals surface area contributed by atoms with E-state index < -0.39 is 0 Å². The number of carbonyl (C=O) groups is 1. The number of rotatable bonds is 12. The fraction of sp³-hybridized carbons (Fsp3) is 0.652. The Morgan fingerprint density at radius 3 is 2.58 bits per heavy atom. The zero-order chi connectivity index (χ0) is 21.6. The van der Waals surface area contributed by atoms with E-state index in [9.17, 15) is 4.79 Å². The number of benzene rings is 1. The number of carbonyl (C=O) groups excluding carboxylic acids is 1. The summed E-state index contributed by atoms with van der Waals surface area (Å²) in [5, 5.41) is 6.76. The zero-order valence-electron chi connectivity index (χ0n) is 19.0. The van der Waals surface area contributed by atoms with Crippen LogP contribution in [0.25, 0.3) is 0 Å². The highest BCUT2D eigenvalue weighted by Crippen LogP contribution is 2.16. The molecule has 0 aliphatic carbocycles. The van der Waals surface area contributed by atoms with Gasteiger partial charge in [0.15, 0.2) is 5.96 Å². The Morgan fingerprint density at radius 2 is 1.94 bits per heavy atom. The summed E-state index contributed by atoms with van der Waals surface area (Å²) in [6, 6.07) is 10.2. The predicted octanol–water partition coefficient (Wildman–Crippen LogP) is 2.60. The second-order valence-electron chi connectivity index (χ2n) is 8.21. The maximum Gasteiger partial charge on any atom is 0.220 e. The van der Waals surface area contributed by atoms with Crippen LogP contribution in [0.1, 0.15) is 38.2 Å². The highest BCUT2D eigenvalue weighted by Gasteiger charge is 2.22. The van der Waals surface area contributed by atoms with Crippen molar-refractivity contribution in [2.45, 2.75) is 39.2 Å². The minimum absolute atomic E-state index is 0. The monoisotopic (exact) mass is 545 g/mol. The summed E-state index contributed by atoms with van der Waals surface area (Å²) in [7, 11) is 1.80. The third-order valence-electron chi connectivity index (χ3n) is 5.54. The van der Waals surface area contributed by atoms with Gasteiger partial charge in [-0.15, -0.1) is 24.0 Å². The van der Waals surface area contributed by atoms with E-state index in [4.69, 9.17) is 10.5 Å². The molecule has 1 saturated heterocycles. The van der Waals surface area contributed by atoms with Gasteiger partial charge in [0.05, 0.1) is 13.2 Å². The average molecular weight is 546 g/mol. The molecule has 8 heteroatoms. The average Bonchev–Trinajstić information content (AvgIpc) is 2.76. The molecule has 31 heavy (non-hydrogen) atoms. The van der Waals surface area contributed by atoms with Crippen molar-refractivity contribution in [2.24, 2.45) is 22.6 Å². The van der Waals surface area contributed by atoms with Gasteiger partial charge in [0.2, 0.25) is 5.91 Å². The van der Waals surface area contributed by atoms with Crippen molar-refractivity contribution in [3.05, 3.63) is 35.9 Å². The largest absolute Gasteiger partial charge is 0.376 e. The lowest BCUT2D eigenvalue weighted by molar-refractivity contribution is -0.123. The van der Waals surface area contributed by atoms with Gasteiger partial charge < -0.3 is 26.0 Å². The number of guanidine groups is 1. The Bertz CT molecular complexity index is 636. The van der Waals surface area contributed by atoms with Crippen molar-refractivity contribution >= 4 is 35.8 Å². The predicted molar refractivity (Wildman–Crippen MR) is 138 cm³/mol. The molecule has 4 N–H and O–H groups in total. The smallest absolute Gasteiger partial charge is 0.220 e. The molecule has 1 aliphatic rings. The van der Waals surface area contributed by atoms with Crippen LogP contribution in [-0.2, 0) is 16.1 Å². The molecule has 1 heterocycles. The third kappa shape index (κ3) is 11.7. The fourth-order valence-corrected chi connectivity index (χ4v) is 3.61. The molecule has 0 spiro atoms. The number of aliphatic imine (C=N–C) groups is 1. The number of halogens is 1. The van der Waals surface area contributed by atoms with Crippen molar-refractivity contribution in [1.29, 1.82) is 0 Å². The Morgan fingerprint density at radius 1 is 1.23 bits per heavy atom. The number of piperidine rings is 1. The Balaban J connectivity index is 0.00000480. The molecule has 1 amide bonds. The van der Waals surface area contributed by atoms with Crippen LogP contribution in [0.2, 0.25) is 0 Å². The van der Waals surface area contributed by atoms with Crippen LogP contribution in [0, 0.1) is 11.8 Å². The first-order valence-corrected chi connectivity index (χ1v) is 11.2. The third-order valence-corrected chi connectivity index (χ3v) is 5.54. The maximum absolute atomic E-state index is 11.2. The summed E-state index contributed by atoms with van der Waals surface area (Å²) in [6.45, 7) is 8.30. The minimum atomic E-state index is -0.144. The Kier molecular flexibility index (Phi) is 14.5. The van der Waals surface area contributed by atoms with Crippen molar-refractivity contribution in [3.63, 3.8) is 0 Å². The van der Waals surface area contributed by atoms with Crippen molar-refractivity contribution in [3.8, 4) is 0 Å². The molecular weight excluding hydrogens is 505 g/mol. The van der Waals surface area contributed by atoms with Crippen LogP contribution in [0.4, 0.5) is 0 Å². The summed E-state index contributed by atoms with van der Waals surface area (Å²) in [5.74, 6) is 1.17. The summed E-state index contributed by atoms with van der Waals surface area (Å²) < 4.78 is 5.81. The molecule has 1 unspecified atom stereocenters. The number of nitrogens with zero attached hydrogens (tertiary/aromatic N) is 2. The number of nitrogens with two attached hydrogens (primary N) is 1. The van der Waals surface area contributed by atoms with Crippen molar-refractivity contribution in [2.75, 3.05) is 46.4 Å². The molecule has 1 atom stereocenters. The topological polar surface area (TPSA) is 92.0 Å². The van der Waals surface area contributed by atoms with Gasteiger partial charge >= 0.3 is 0 Å². The Hall–Kier alpha value is -1.39. The van der Waals surface area contributed by atoms with Crippen LogP contribution in [0.15, 0.2) is 35.3 Å². The number of ether oxygens (including phenoxy) is 1. The van der Waals surface area contributed by atoms with Crippen LogP contribution in [0.5, 0.6) is 0 Å². The first kappa shape index (κ1) is 27.6. The van der Waals surface area contributed by atoms with E-state index in [0.717, 1.165) is 64.4 Å². The van der Waals surface area contributed by atoms with Gasteiger partial charge in [0, 0.05) is 26.1 Å². The summed E-state index contributed by atoms with van der Waals surface area (Å²) in [6.07, 6.45) is 4.02. The zero-order valence-corrected chi connectivity index (χ0v) is 21.3. The number of unbranched alkanes of at least 4 members (excludes halogenated alkanes) is 1. The van der Waals surface area contributed by atoms with Crippen LogP contribution >= 0.6 is 24.0 Å². The summed E-state index contributed by atoms with van der Waals surface area (Å²) >= 11 is 0. The Labute approximate surface area is 204 Å². The van der Waals surface area contributed by atoms with Gasteiger partial charge in [-0.2, -0.15) is 0 Å². The lowest BCUT2D eigenvalue weighted by atomic mass is 9.96. The molecule has 0 radical (unpaired) electrons. The number of amides is 1. The first-order valence-electron chi connectivity index (χ1n) is 11.2. The van der Waals surface area contributed by atoms with Crippen molar-refractivity contribution < 1.29 is 9.53 Å². The second kappa shape index (κ2) is 16.3. The van der Waals surface area contributed by atoms with Gasteiger partial charge in [-0.25, -0.2) is 0 Å². The van der Waals surface area contributed by atoms with E-state index in [1.807, 2.05) is 18.2 Å². The molecule has 2 rings (SSSR count). The molecule has 0 bridgehead atoms. The highest BCUT2D eigenvalue weighted by atomic mass is 127. The number of primary amides is 1. The van der Waals surface area contributed by atoms with E-state index in [1.165, 1.54) is 5.56 Å². The first-order chi connectivity index (χ1) is 14.6. The van der Waals surface area contributed by atoms with Crippen LogP contribution < -0.4 is 16.4 Å². The van der Waals surface area contributed by atoms with Crippen molar-refractivity contribution in [1.82, 2.24) is 15.5 Å². The standard InChI is InChI=1S/C23H39N5O2.HI/c1-19(17-30-18-20-8-4-3-5-9-20)16-27-23(25-2)26-12-6-7-13-28-14-10-21(11-15-28)22(24)29;/h3-5,8-9,19,21H,6-7,10-18H2,1-2H3,(H2,24,29)(H2,25,26,27);1H. The maximum atomic E-state index is 11.2. The van der Waals surface area contributed by atoms with Gasteiger partial charge in [-0.1, -0.05) is 37.3 Å². The molecule has 1 fully saturated rings. The van der Waals surface area contributed by atoms with Crippen LogP contribution in [0.3, 0.4) is 0 Å². The van der Waals surface area contributed by atoms with E-state index in [2.05, 4.69) is 39.6 Å². The molecule has 7 nitrogen and oxygen atoms in total. The minimum Gasteiger partial charge on any atom is -0.376 e. The lowest BCUT2D eigenvalue weighted by Gasteiger charge is -2.30. The molecule has 0 saturated carbocycles. The van der Waals surface area contributed by atoms with E-state index in [0.29, 0.717) is 19.1 Å². The quantitative estimate of drug-likeness (QED) is 0.163. The van der Waals surface area contributed by atoms with Gasteiger partial charge in [0.25, 0.3) is 0 Å². The number of hydrogen-bond donors (Lipinski definition) is 3. The van der Waals surface area contributed by atoms with E-state index in [-0.39, 0.29) is 35.8 Å². The van der Waals surface area contributed by atoms with Gasteiger partial charge in [0.1, 0.15) is 0 Å². The van der Waals surface area contributed by atoms with Gasteiger partial charge in [-0.05, 0) is 56.8 Å². The van der Waals surface area contributed by atoms with Gasteiger partial charge in [-0.3, -0.25) is 9.79 Å². The van der Waals surface area contributed by atoms with Crippen LogP contribution in [-0.4, -0.2) is 63.1 Å². The fourth-order valence-electron chi connectivity index (χ4n) is 3.61.